The number of amides is 2. The van der Waals surface area contributed by atoms with E-state index in [1.165, 1.54) is 18.9 Å². The smallest absolute Gasteiger partial charge is 0.225 e. The lowest BCUT2D eigenvalue weighted by molar-refractivity contribution is -0.130. The Bertz CT molecular complexity index is 570. The van der Waals surface area contributed by atoms with E-state index in [9.17, 15) is 14.0 Å². The lowest BCUT2D eigenvalue weighted by atomic mass is 10.1. The van der Waals surface area contributed by atoms with Crippen molar-refractivity contribution >= 4 is 11.8 Å². The first kappa shape index (κ1) is 15.0. The second-order valence-electron chi connectivity index (χ2n) is 6.19. The van der Waals surface area contributed by atoms with Gasteiger partial charge in [0.1, 0.15) is 5.82 Å². The van der Waals surface area contributed by atoms with E-state index in [-0.39, 0.29) is 36.5 Å². The maximum absolute atomic E-state index is 13.5. The van der Waals surface area contributed by atoms with Crippen molar-refractivity contribution in [2.24, 2.45) is 5.92 Å². The maximum atomic E-state index is 13.5. The Morgan fingerprint density at radius 1 is 1.27 bits per heavy atom. The van der Waals surface area contributed by atoms with E-state index in [1.807, 2.05) is 4.90 Å². The first-order valence-electron chi connectivity index (χ1n) is 7.95. The van der Waals surface area contributed by atoms with Gasteiger partial charge >= 0.3 is 0 Å². The molecule has 5 heteroatoms. The normalized spacial score (nSPS) is 22.3. The molecular formula is C17H21FN2O2. The third-order valence-electron chi connectivity index (χ3n) is 4.71. The first-order chi connectivity index (χ1) is 10.6. The van der Waals surface area contributed by atoms with Gasteiger partial charge in [0.2, 0.25) is 11.8 Å². The Hall–Kier alpha value is -1.91. The number of rotatable bonds is 4. The molecule has 1 heterocycles. The predicted octanol–water partition coefficient (Wildman–Crippen LogP) is 2.23. The summed E-state index contributed by atoms with van der Waals surface area (Å²) in [6.45, 7) is 0.673. The summed E-state index contributed by atoms with van der Waals surface area (Å²) in [5.74, 6) is -0.701. The van der Waals surface area contributed by atoms with Crippen molar-refractivity contribution in [3.8, 4) is 0 Å². The second kappa shape index (κ2) is 6.46. The maximum Gasteiger partial charge on any atom is 0.225 e. The molecule has 0 aromatic heterocycles. The topological polar surface area (TPSA) is 49.4 Å². The van der Waals surface area contributed by atoms with Gasteiger partial charge < -0.3 is 10.2 Å². The van der Waals surface area contributed by atoms with Crippen molar-refractivity contribution in [1.82, 2.24) is 10.2 Å². The van der Waals surface area contributed by atoms with Crippen LogP contribution in [0.4, 0.5) is 4.39 Å². The zero-order valence-corrected chi connectivity index (χ0v) is 12.6. The molecule has 118 valence electrons. The molecule has 1 saturated carbocycles. The molecule has 22 heavy (non-hydrogen) atoms. The fourth-order valence-corrected chi connectivity index (χ4v) is 3.44. The van der Waals surface area contributed by atoms with Crippen LogP contribution in [0.1, 0.15) is 37.7 Å². The molecule has 1 aliphatic heterocycles. The molecule has 1 saturated heterocycles. The SMILES string of the molecule is O=C(NCc1ccccc1F)[C@H]1CC(=O)N(C2CCCC2)C1. The fourth-order valence-electron chi connectivity index (χ4n) is 3.44. The van der Waals surface area contributed by atoms with E-state index < -0.39 is 0 Å². The number of nitrogens with zero attached hydrogens (tertiary/aromatic N) is 1. The molecule has 2 fully saturated rings. The van der Waals surface area contributed by atoms with E-state index in [4.69, 9.17) is 0 Å². The number of carbonyl (C=O) groups excluding carboxylic acids is 2. The van der Waals surface area contributed by atoms with E-state index in [2.05, 4.69) is 5.32 Å². The lowest BCUT2D eigenvalue weighted by Crippen LogP contribution is -2.36. The summed E-state index contributed by atoms with van der Waals surface area (Å²) in [5, 5.41) is 2.76. The Morgan fingerprint density at radius 2 is 2.00 bits per heavy atom. The highest BCUT2D eigenvalue weighted by molar-refractivity contribution is 5.89. The van der Waals surface area contributed by atoms with Crippen LogP contribution in [0.3, 0.4) is 0 Å². The molecule has 0 unspecified atom stereocenters. The molecule has 4 nitrogen and oxygen atoms in total. The number of carbonyl (C=O) groups is 2. The van der Waals surface area contributed by atoms with Gasteiger partial charge in [-0.15, -0.1) is 0 Å². The third kappa shape index (κ3) is 3.13. The summed E-state index contributed by atoms with van der Waals surface area (Å²) in [5.41, 5.74) is 0.466. The Morgan fingerprint density at radius 3 is 2.73 bits per heavy atom. The number of hydrogen-bond acceptors (Lipinski definition) is 2. The minimum Gasteiger partial charge on any atom is -0.352 e. The van der Waals surface area contributed by atoms with E-state index in [1.54, 1.807) is 18.2 Å². The van der Waals surface area contributed by atoms with Crippen molar-refractivity contribution < 1.29 is 14.0 Å². The zero-order valence-electron chi connectivity index (χ0n) is 12.6. The molecule has 1 aromatic rings. The van der Waals surface area contributed by atoms with E-state index >= 15 is 0 Å². The molecule has 2 aliphatic rings. The predicted molar refractivity (Wildman–Crippen MR) is 80.3 cm³/mol. The summed E-state index contributed by atoms with van der Waals surface area (Å²) in [4.78, 5) is 26.2. The van der Waals surface area contributed by atoms with Crippen LogP contribution in [0.2, 0.25) is 0 Å². The van der Waals surface area contributed by atoms with E-state index in [0.717, 1.165) is 12.8 Å². The minimum absolute atomic E-state index is 0.0814. The minimum atomic E-state index is -0.321. The summed E-state index contributed by atoms with van der Waals surface area (Å²) in [7, 11) is 0. The van der Waals surface area contributed by atoms with Crippen molar-refractivity contribution in [1.29, 1.82) is 0 Å². The van der Waals surface area contributed by atoms with Crippen molar-refractivity contribution in [3.63, 3.8) is 0 Å². The number of hydrogen-bond donors (Lipinski definition) is 1. The van der Waals surface area contributed by atoms with Gasteiger partial charge in [0.25, 0.3) is 0 Å². The highest BCUT2D eigenvalue weighted by Gasteiger charge is 2.38. The number of halogens is 1. The summed E-state index contributed by atoms with van der Waals surface area (Å²) in [6.07, 6.45) is 4.71. The van der Waals surface area contributed by atoms with Gasteiger partial charge in [-0.1, -0.05) is 31.0 Å². The van der Waals surface area contributed by atoms with Crippen LogP contribution in [0.25, 0.3) is 0 Å². The monoisotopic (exact) mass is 304 g/mol. The van der Waals surface area contributed by atoms with Crippen LogP contribution in [-0.4, -0.2) is 29.3 Å². The van der Waals surface area contributed by atoms with Gasteiger partial charge in [-0.2, -0.15) is 0 Å². The molecule has 0 spiro atoms. The molecule has 0 bridgehead atoms. The van der Waals surface area contributed by atoms with Gasteiger partial charge in [-0.3, -0.25) is 9.59 Å². The lowest BCUT2D eigenvalue weighted by Gasteiger charge is -2.23. The van der Waals surface area contributed by atoms with Crippen LogP contribution in [0, 0.1) is 11.7 Å². The zero-order chi connectivity index (χ0) is 15.5. The van der Waals surface area contributed by atoms with Crippen LogP contribution < -0.4 is 5.32 Å². The van der Waals surface area contributed by atoms with Crippen LogP contribution >= 0.6 is 0 Å². The molecule has 1 aromatic carbocycles. The van der Waals surface area contributed by atoms with Crippen LogP contribution in [0.5, 0.6) is 0 Å². The van der Waals surface area contributed by atoms with Gasteiger partial charge in [0.15, 0.2) is 0 Å². The van der Waals surface area contributed by atoms with Gasteiger partial charge in [-0.25, -0.2) is 4.39 Å². The average molecular weight is 304 g/mol. The third-order valence-corrected chi connectivity index (χ3v) is 4.71. The molecule has 1 atom stereocenters. The Balaban J connectivity index is 1.55. The van der Waals surface area contributed by atoms with Gasteiger partial charge in [-0.05, 0) is 18.9 Å². The summed E-state index contributed by atoms with van der Waals surface area (Å²) >= 11 is 0. The van der Waals surface area contributed by atoms with Crippen LogP contribution in [-0.2, 0) is 16.1 Å². The summed E-state index contributed by atoms with van der Waals surface area (Å²) in [6, 6.07) is 6.71. The molecule has 3 rings (SSSR count). The first-order valence-corrected chi connectivity index (χ1v) is 7.95. The molecule has 1 N–H and O–H groups in total. The highest BCUT2D eigenvalue weighted by Crippen LogP contribution is 2.29. The molecule has 0 radical (unpaired) electrons. The van der Waals surface area contributed by atoms with Gasteiger partial charge in [0, 0.05) is 31.1 Å². The fraction of sp³-hybridized carbons (Fsp3) is 0.529. The number of benzene rings is 1. The number of likely N-dealkylation sites (tertiary alicyclic amines) is 1. The quantitative estimate of drug-likeness (QED) is 0.927. The van der Waals surface area contributed by atoms with Crippen LogP contribution in [0.15, 0.2) is 24.3 Å². The standard InChI is InChI=1S/C17H21FN2O2/c18-15-8-4-1-5-12(15)10-19-17(22)13-9-16(21)20(11-13)14-6-2-3-7-14/h1,4-5,8,13-14H,2-3,6-7,9-11H2,(H,19,22)/t13-/m0/s1. The van der Waals surface area contributed by atoms with E-state index in [0.29, 0.717) is 18.2 Å². The number of nitrogens with one attached hydrogen (secondary N) is 1. The van der Waals surface area contributed by atoms with Crippen molar-refractivity contribution in [2.45, 2.75) is 44.7 Å². The molecule has 2 amide bonds. The van der Waals surface area contributed by atoms with Crippen molar-refractivity contribution in [2.75, 3.05) is 6.54 Å². The average Bonchev–Trinajstić information content (AvgIpc) is 3.15. The second-order valence-corrected chi connectivity index (χ2v) is 6.19. The van der Waals surface area contributed by atoms with Gasteiger partial charge in [0.05, 0.1) is 5.92 Å². The largest absolute Gasteiger partial charge is 0.352 e. The Labute approximate surface area is 129 Å². The van der Waals surface area contributed by atoms with Crippen molar-refractivity contribution in [3.05, 3.63) is 35.6 Å². The summed E-state index contributed by atoms with van der Waals surface area (Å²) < 4.78 is 13.5. The molecule has 1 aliphatic carbocycles. The molecular weight excluding hydrogens is 283 g/mol. The highest BCUT2D eigenvalue weighted by atomic mass is 19.1. The Kier molecular flexibility index (Phi) is 4.41.